The van der Waals surface area contributed by atoms with E-state index in [1.807, 2.05) is 6.92 Å². The number of para-hydroxylation sites is 1. The second-order valence-electron chi connectivity index (χ2n) is 5.96. The zero-order chi connectivity index (χ0) is 16.2. The summed E-state index contributed by atoms with van der Waals surface area (Å²) in [5.74, 6) is 1.94. The molecule has 0 radical (unpaired) electrons. The van der Waals surface area contributed by atoms with Crippen molar-refractivity contribution in [2.24, 2.45) is 0 Å². The normalized spacial score (nSPS) is 19.2. The summed E-state index contributed by atoms with van der Waals surface area (Å²) in [6, 6.07) is 8.87. The van der Waals surface area contributed by atoms with E-state index in [4.69, 9.17) is 4.74 Å². The van der Waals surface area contributed by atoms with Crippen LogP contribution in [-0.4, -0.2) is 57.8 Å². The van der Waals surface area contributed by atoms with Gasteiger partial charge in [0, 0.05) is 24.9 Å². The number of hydrogen-bond donors (Lipinski definition) is 0. The number of aromatic nitrogens is 3. The van der Waals surface area contributed by atoms with E-state index in [2.05, 4.69) is 57.8 Å². The molecule has 0 bridgehead atoms. The summed E-state index contributed by atoms with van der Waals surface area (Å²) in [6.45, 7) is 10.1. The molecule has 3 rings (SSSR count). The summed E-state index contributed by atoms with van der Waals surface area (Å²) in [5, 5.41) is 9.61. The molecule has 124 valence electrons. The smallest absolute Gasteiger partial charge is 0.195 e. The summed E-state index contributed by atoms with van der Waals surface area (Å²) < 4.78 is 7.65. The highest BCUT2D eigenvalue weighted by molar-refractivity contribution is 7.99. The van der Waals surface area contributed by atoms with Crippen molar-refractivity contribution in [3.8, 4) is 5.69 Å². The first-order valence-corrected chi connectivity index (χ1v) is 9.08. The van der Waals surface area contributed by atoms with E-state index >= 15 is 0 Å². The molecule has 0 unspecified atom stereocenters. The summed E-state index contributed by atoms with van der Waals surface area (Å²) >= 11 is 1.77. The van der Waals surface area contributed by atoms with E-state index in [1.54, 1.807) is 11.8 Å². The van der Waals surface area contributed by atoms with Gasteiger partial charge in [-0.25, -0.2) is 0 Å². The highest BCUT2D eigenvalue weighted by Gasteiger charge is 2.19. The van der Waals surface area contributed by atoms with Gasteiger partial charge in [0.05, 0.1) is 18.9 Å². The minimum atomic E-state index is 0.500. The number of benzene rings is 1. The lowest BCUT2D eigenvalue weighted by molar-refractivity contribution is 0.00298. The minimum absolute atomic E-state index is 0.500. The number of nitrogens with zero attached hydrogens (tertiary/aromatic N) is 4. The van der Waals surface area contributed by atoms with Crippen LogP contribution in [0.3, 0.4) is 0 Å². The maximum atomic E-state index is 5.50. The second-order valence-corrected chi connectivity index (χ2v) is 7.02. The van der Waals surface area contributed by atoms with Crippen molar-refractivity contribution < 1.29 is 4.74 Å². The molecule has 2 heterocycles. The quantitative estimate of drug-likeness (QED) is 0.788. The van der Waals surface area contributed by atoms with Crippen LogP contribution >= 0.6 is 11.8 Å². The molecule has 1 aromatic heterocycles. The van der Waals surface area contributed by atoms with Crippen molar-refractivity contribution in [3.05, 3.63) is 35.7 Å². The van der Waals surface area contributed by atoms with Crippen molar-refractivity contribution in [2.75, 3.05) is 32.1 Å². The van der Waals surface area contributed by atoms with Gasteiger partial charge in [-0.15, -0.1) is 10.2 Å². The van der Waals surface area contributed by atoms with E-state index in [0.717, 1.165) is 48.7 Å². The van der Waals surface area contributed by atoms with Gasteiger partial charge in [0.25, 0.3) is 0 Å². The Morgan fingerprint density at radius 3 is 2.87 bits per heavy atom. The Labute approximate surface area is 142 Å². The molecule has 1 aliphatic heterocycles. The number of aryl methyl sites for hydroxylation is 2. The highest BCUT2D eigenvalue weighted by Crippen LogP contribution is 2.24. The Hall–Kier alpha value is -1.37. The van der Waals surface area contributed by atoms with Crippen molar-refractivity contribution in [2.45, 2.75) is 32.0 Å². The number of hydrogen-bond acceptors (Lipinski definition) is 5. The van der Waals surface area contributed by atoms with Gasteiger partial charge in [-0.05, 0) is 32.4 Å². The number of morpholine rings is 1. The first kappa shape index (κ1) is 16.5. The molecule has 23 heavy (non-hydrogen) atoms. The molecular weight excluding hydrogens is 308 g/mol. The highest BCUT2D eigenvalue weighted by atomic mass is 32.2. The molecular formula is C17H24N4OS. The molecule has 0 saturated carbocycles. The predicted molar refractivity (Wildman–Crippen MR) is 93.4 cm³/mol. The van der Waals surface area contributed by atoms with Crippen LogP contribution in [0.1, 0.15) is 18.3 Å². The van der Waals surface area contributed by atoms with E-state index in [0.29, 0.717) is 6.04 Å². The minimum Gasteiger partial charge on any atom is -0.379 e. The van der Waals surface area contributed by atoms with Crippen LogP contribution in [0.5, 0.6) is 0 Å². The molecule has 0 spiro atoms. The van der Waals surface area contributed by atoms with Gasteiger partial charge < -0.3 is 4.74 Å². The van der Waals surface area contributed by atoms with Crippen LogP contribution in [-0.2, 0) is 4.74 Å². The summed E-state index contributed by atoms with van der Waals surface area (Å²) in [6.07, 6.45) is 0. The van der Waals surface area contributed by atoms with Crippen LogP contribution < -0.4 is 0 Å². The Morgan fingerprint density at radius 2 is 2.09 bits per heavy atom. The third-order valence-electron chi connectivity index (χ3n) is 4.27. The van der Waals surface area contributed by atoms with Crippen LogP contribution in [0.2, 0.25) is 0 Å². The summed E-state index contributed by atoms with van der Waals surface area (Å²) in [5.41, 5.74) is 2.40. The lowest BCUT2D eigenvalue weighted by Crippen LogP contribution is -2.44. The average Bonchev–Trinajstić information content (AvgIpc) is 2.91. The van der Waals surface area contributed by atoms with Gasteiger partial charge in [-0.2, -0.15) is 0 Å². The van der Waals surface area contributed by atoms with E-state index in [9.17, 15) is 0 Å². The second kappa shape index (κ2) is 7.47. The van der Waals surface area contributed by atoms with Crippen LogP contribution in [0, 0.1) is 13.8 Å². The molecule has 0 N–H and O–H groups in total. The Balaban J connectivity index is 1.68. The fourth-order valence-corrected chi connectivity index (χ4v) is 3.84. The molecule has 1 saturated heterocycles. The fourth-order valence-electron chi connectivity index (χ4n) is 2.88. The van der Waals surface area contributed by atoms with E-state index in [1.165, 1.54) is 5.56 Å². The van der Waals surface area contributed by atoms with Gasteiger partial charge in [0.15, 0.2) is 5.16 Å². The monoisotopic (exact) mass is 332 g/mol. The van der Waals surface area contributed by atoms with Gasteiger partial charge in [0.1, 0.15) is 5.82 Å². The van der Waals surface area contributed by atoms with Gasteiger partial charge in [0.2, 0.25) is 0 Å². The molecule has 6 heteroatoms. The molecule has 1 aliphatic rings. The first-order chi connectivity index (χ1) is 11.2. The molecule has 2 aromatic rings. The number of rotatable bonds is 5. The average molecular weight is 332 g/mol. The molecule has 1 fully saturated rings. The third-order valence-corrected chi connectivity index (χ3v) is 5.18. The fraction of sp³-hybridized carbons (Fsp3) is 0.529. The van der Waals surface area contributed by atoms with Crippen molar-refractivity contribution in [3.63, 3.8) is 0 Å². The lowest BCUT2D eigenvalue weighted by Gasteiger charge is -2.32. The lowest BCUT2D eigenvalue weighted by atomic mass is 10.2. The zero-order valence-corrected chi connectivity index (χ0v) is 14.8. The first-order valence-electron chi connectivity index (χ1n) is 8.09. The third kappa shape index (κ3) is 3.76. The van der Waals surface area contributed by atoms with Crippen molar-refractivity contribution >= 4 is 11.8 Å². The van der Waals surface area contributed by atoms with Crippen molar-refractivity contribution in [1.82, 2.24) is 19.7 Å². The Bertz CT molecular complexity index is 658. The van der Waals surface area contributed by atoms with Crippen LogP contribution in [0.4, 0.5) is 0 Å². The Kier molecular flexibility index (Phi) is 5.35. The number of ether oxygens (including phenoxy) is 1. The van der Waals surface area contributed by atoms with Gasteiger partial charge in [-0.1, -0.05) is 30.0 Å². The SMILES string of the molecule is Cc1ccccc1-n1c(C)nnc1SCCN1CCOC[C@H]1C. The summed E-state index contributed by atoms with van der Waals surface area (Å²) in [4.78, 5) is 2.48. The topological polar surface area (TPSA) is 43.2 Å². The molecule has 0 aliphatic carbocycles. The maximum Gasteiger partial charge on any atom is 0.195 e. The number of thioether (sulfide) groups is 1. The molecule has 0 amide bonds. The van der Waals surface area contributed by atoms with E-state index in [-0.39, 0.29) is 0 Å². The summed E-state index contributed by atoms with van der Waals surface area (Å²) in [7, 11) is 0. The van der Waals surface area contributed by atoms with Crippen LogP contribution in [0.25, 0.3) is 5.69 Å². The largest absolute Gasteiger partial charge is 0.379 e. The van der Waals surface area contributed by atoms with E-state index < -0.39 is 0 Å². The van der Waals surface area contributed by atoms with Gasteiger partial charge >= 0.3 is 0 Å². The molecule has 5 nitrogen and oxygen atoms in total. The predicted octanol–water partition coefficient (Wildman–Crippen LogP) is 2.70. The van der Waals surface area contributed by atoms with Crippen LogP contribution in [0.15, 0.2) is 29.4 Å². The maximum absolute atomic E-state index is 5.50. The standard InChI is InChI=1S/C17H24N4OS/c1-13-6-4-5-7-16(13)21-15(3)18-19-17(21)23-11-9-20-8-10-22-12-14(20)2/h4-7,14H,8-12H2,1-3H3/t14-/m1/s1. The zero-order valence-electron chi connectivity index (χ0n) is 14.0. The Morgan fingerprint density at radius 1 is 1.26 bits per heavy atom. The molecule has 1 atom stereocenters. The molecule has 1 aromatic carbocycles. The van der Waals surface area contributed by atoms with Gasteiger partial charge in [-0.3, -0.25) is 9.47 Å². The van der Waals surface area contributed by atoms with Crippen molar-refractivity contribution in [1.29, 1.82) is 0 Å².